The van der Waals surface area contributed by atoms with Gasteiger partial charge in [-0.05, 0) is 44.2 Å². The Labute approximate surface area is 117 Å². The van der Waals surface area contributed by atoms with Crippen LogP contribution in [0.3, 0.4) is 0 Å². The summed E-state index contributed by atoms with van der Waals surface area (Å²) < 4.78 is 5.56. The van der Waals surface area contributed by atoms with Gasteiger partial charge in [-0.25, -0.2) is 15.8 Å². The van der Waals surface area contributed by atoms with Crippen molar-refractivity contribution in [3.05, 3.63) is 42.2 Å². The zero-order valence-electron chi connectivity index (χ0n) is 11.3. The fraction of sp³-hybridized carbons (Fsp3) is 0.214. The Bertz CT molecular complexity index is 596. The first-order chi connectivity index (χ1) is 9.60. The molecule has 0 fully saturated rings. The summed E-state index contributed by atoms with van der Waals surface area (Å²) in [5.41, 5.74) is 3.06. The number of carbonyl (C=O) groups is 1. The van der Waals surface area contributed by atoms with Crippen LogP contribution in [0.2, 0.25) is 0 Å². The van der Waals surface area contributed by atoms with E-state index in [9.17, 15) is 4.79 Å². The van der Waals surface area contributed by atoms with Crippen molar-refractivity contribution in [2.45, 2.75) is 20.0 Å². The van der Waals surface area contributed by atoms with Gasteiger partial charge in [-0.15, -0.1) is 0 Å². The number of hydrogen-bond acceptors (Lipinski definition) is 5. The van der Waals surface area contributed by atoms with Gasteiger partial charge in [-0.1, -0.05) is 0 Å². The highest BCUT2D eigenvalue weighted by atomic mass is 16.5. The summed E-state index contributed by atoms with van der Waals surface area (Å²) in [7, 11) is 0. The van der Waals surface area contributed by atoms with E-state index in [0.29, 0.717) is 5.82 Å². The molecule has 0 aliphatic carbocycles. The molecule has 0 bridgehead atoms. The smallest absolute Gasteiger partial charge is 0.283 e. The molecule has 0 saturated carbocycles. The standard InChI is InChI=1S/C14H16N4O2/c1-9(2)20-11-5-3-10(4-6-11)13-16-8-7-12(17-13)14(19)18-15/h3-9H,15H2,1-2H3,(H,18,19). The lowest BCUT2D eigenvalue weighted by Crippen LogP contribution is -2.30. The van der Waals surface area contributed by atoms with Crippen LogP contribution >= 0.6 is 0 Å². The Balaban J connectivity index is 2.25. The molecule has 0 atom stereocenters. The summed E-state index contributed by atoms with van der Waals surface area (Å²) >= 11 is 0. The number of nitrogens with two attached hydrogens (primary N) is 1. The third-order valence-corrected chi connectivity index (χ3v) is 2.50. The summed E-state index contributed by atoms with van der Waals surface area (Å²) in [6.07, 6.45) is 1.64. The van der Waals surface area contributed by atoms with E-state index in [2.05, 4.69) is 9.97 Å². The summed E-state index contributed by atoms with van der Waals surface area (Å²) in [6.45, 7) is 3.93. The van der Waals surface area contributed by atoms with Gasteiger partial charge in [0.15, 0.2) is 5.82 Å². The largest absolute Gasteiger partial charge is 0.491 e. The van der Waals surface area contributed by atoms with Crippen LogP contribution in [-0.2, 0) is 0 Å². The van der Waals surface area contributed by atoms with E-state index in [1.807, 2.05) is 43.5 Å². The van der Waals surface area contributed by atoms with E-state index in [0.717, 1.165) is 11.3 Å². The van der Waals surface area contributed by atoms with E-state index >= 15 is 0 Å². The molecule has 2 aromatic rings. The highest BCUT2D eigenvalue weighted by Crippen LogP contribution is 2.20. The highest BCUT2D eigenvalue weighted by molar-refractivity contribution is 5.92. The van der Waals surface area contributed by atoms with Gasteiger partial charge in [0.05, 0.1) is 6.10 Å². The molecule has 1 heterocycles. The first kappa shape index (κ1) is 14.0. The van der Waals surface area contributed by atoms with Gasteiger partial charge in [-0.2, -0.15) is 0 Å². The third-order valence-electron chi connectivity index (χ3n) is 2.50. The molecule has 2 rings (SSSR count). The van der Waals surface area contributed by atoms with Crippen LogP contribution in [0.5, 0.6) is 5.75 Å². The Morgan fingerprint density at radius 3 is 2.55 bits per heavy atom. The summed E-state index contributed by atoms with van der Waals surface area (Å²) in [4.78, 5) is 19.7. The van der Waals surface area contributed by atoms with E-state index in [4.69, 9.17) is 10.6 Å². The number of hydrazine groups is 1. The third kappa shape index (κ3) is 3.30. The predicted octanol–water partition coefficient (Wildman–Crippen LogP) is 1.53. The Morgan fingerprint density at radius 2 is 1.95 bits per heavy atom. The number of nitrogen functional groups attached to an aromatic ring is 1. The fourth-order valence-corrected chi connectivity index (χ4v) is 1.65. The second kappa shape index (κ2) is 6.12. The SMILES string of the molecule is CC(C)Oc1ccc(-c2nccc(C(=O)NN)n2)cc1. The Morgan fingerprint density at radius 1 is 1.25 bits per heavy atom. The molecule has 6 heteroatoms. The predicted molar refractivity (Wildman–Crippen MR) is 74.9 cm³/mol. The van der Waals surface area contributed by atoms with Crippen molar-refractivity contribution >= 4 is 5.91 Å². The quantitative estimate of drug-likeness (QED) is 0.500. The summed E-state index contributed by atoms with van der Waals surface area (Å²) in [5.74, 6) is 5.87. The average molecular weight is 272 g/mol. The zero-order valence-corrected chi connectivity index (χ0v) is 11.3. The van der Waals surface area contributed by atoms with E-state index in [1.165, 1.54) is 12.3 Å². The molecule has 1 aromatic heterocycles. The molecule has 20 heavy (non-hydrogen) atoms. The van der Waals surface area contributed by atoms with Crippen molar-refractivity contribution in [1.29, 1.82) is 0 Å². The Hall–Kier alpha value is -2.47. The van der Waals surface area contributed by atoms with Crippen molar-refractivity contribution < 1.29 is 9.53 Å². The summed E-state index contributed by atoms with van der Waals surface area (Å²) in [5, 5.41) is 0. The number of carbonyl (C=O) groups excluding carboxylic acids is 1. The van der Waals surface area contributed by atoms with E-state index in [-0.39, 0.29) is 11.8 Å². The van der Waals surface area contributed by atoms with E-state index in [1.54, 1.807) is 0 Å². The molecule has 104 valence electrons. The monoisotopic (exact) mass is 272 g/mol. The molecular weight excluding hydrogens is 256 g/mol. The van der Waals surface area contributed by atoms with Gasteiger partial charge < -0.3 is 4.74 Å². The Kier molecular flexibility index (Phi) is 4.27. The fourth-order valence-electron chi connectivity index (χ4n) is 1.65. The second-order valence-corrected chi connectivity index (χ2v) is 4.43. The van der Waals surface area contributed by atoms with Crippen LogP contribution < -0.4 is 16.0 Å². The number of nitrogens with zero attached hydrogens (tertiary/aromatic N) is 2. The van der Waals surface area contributed by atoms with Crippen molar-refractivity contribution in [3.8, 4) is 17.1 Å². The normalized spacial score (nSPS) is 10.4. The van der Waals surface area contributed by atoms with Crippen LogP contribution in [0.4, 0.5) is 0 Å². The summed E-state index contributed by atoms with van der Waals surface area (Å²) in [6, 6.07) is 8.87. The first-order valence-corrected chi connectivity index (χ1v) is 6.21. The van der Waals surface area contributed by atoms with Gasteiger partial charge in [0.25, 0.3) is 5.91 Å². The minimum Gasteiger partial charge on any atom is -0.491 e. The van der Waals surface area contributed by atoms with Gasteiger partial charge in [0.2, 0.25) is 0 Å². The van der Waals surface area contributed by atoms with Gasteiger partial charge in [0.1, 0.15) is 11.4 Å². The number of amides is 1. The maximum absolute atomic E-state index is 11.4. The maximum atomic E-state index is 11.4. The topological polar surface area (TPSA) is 90.1 Å². The number of aromatic nitrogens is 2. The zero-order chi connectivity index (χ0) is 14.5. The minimum atomic E-state index is -0.451. The molecule has 0 spiro atoms. The molecule has 0 aliphatic heterocycles. The van der Waals surface area contributed by atoms with Gasteiger partial charge in [-0.3, -0.25) is 10.2 Å². The number of hydrogen-bond donors (Lipinski definition) is 2. The lowest BCUT2D eigenvalue weighted by Gasteiger charge is -2.09. The van der Waals surface area contributed by atoms with Crippen molar-refractivity contribution in [2.75, 3.05) is 0 Å². The minimum absolute atomic E-state index is 0.119. The molecule has 0 radical (unpaired) electrons. The van der Waals surface area contributed by atoms with Crippen LogP contribution in [0.15, 0.2) is 36.5 Å². The van der Waals surface area contributed by atoms with Crippen molar-refractivity contribution in [2.24, 2.45) is 5.84 Å². The second-order valence-electron chi connectivity index (χ2n) is 4.43. The number of ether oxygens (including phenoxy) is 1. The van der Waals surface area contributed by atoms with Crippen LogP contribution in [0.1, 0.15) is 24.3 Å². The number of nitrogens with one attached hydrogen (secondary N) is 1. The molecule has 0 saturated heterocycles. The first-order valence-electron chi connectivity index (χ1n) is 6.21. The number of benzene rings is 1. The van der Waals surface area contributed by atoms with Gasteiger partial charge >= 0.3 is 0 Å². The maximum Gasteiger partial charge on any atom is 0.283 e. The van der Waals surface area contributed by atoms with Crippen LogP contribution in [0.25, 0.3) is 11.4 Å². The van der Waals surface area contributed by atoms with Crippen molar-refractivity contribution in [3.63, 3.8) is 0 Å². The molecule has 1 amide bonds. The lowest BCUT2D eigenvalue weighted by atomic mass is 10.2. The van der Waals surface area contributed by atoms with Crippen LogP contribution in [0, 0.1) is 0 Å². The van der Waals surface area contributed by atoms with E-state index < -0.39 is 5.91 Å². The molecule has 0 aliphatic rings. The van der Waals surface area contributed by atoms with Gasteiger partial charge in [0, 0.05) is 11.8 Å². The number of rotatable bonds is 4. The molecule has 6 nitrogen and oxygen atoms in total. The lowest BCUT2D eigenvalue weighted by molar-refractivity contribution is 0.0948. The highest BCUT2D eigenvalue weighted by Gasteiger charge is 2.08. The van der Waals surface area contributed by atoms with Crippen LogP contribution in [-0.4, -0.2) is 22.0 Å². The molecule has 3 N–H and O–H groups in total. The molecule has 1 aromatic carbocycles. The molecule has 0 unspecified atom stereocenters. The molecular formula is C14H16N4O2. The van der Waals surface area contributed by atoms with Crippen molar-refractivity contribution in [1.82, 2.24) is 15.4 Å². The average Bonchev–Trinajstić information content (AvgIpc) is 2.47.